The molecule has 1 aromatic carbocycles. The molecule has 0 unspecified atom stereocenters. The van der Waals surface area contributed by atoms with Gasteiger partial charge in [-0.15, -0.1) is 0 Å². The summed E-state index contributed by atoms with van der Waals surface area (Å²) in [4.78, 5) is 14.4. The fourth-order valence-electron chi connectivity index (χ4n) is 3.13. The van der Waals surface area contributed by atoms with Gasteiger partial charge < -0.3 is 4.90 Å². The van der Waals surface area contributed by atoms with Gasteiger partial charge in [-0.1, -0.05) is 13.0 Å². The molecule has 1 atom stereocenters. The molecule has 0 aliphatic carbocycles. The minimum Gasteiger partial charge on any atom is -0.341 e. The Morgan fingerprint density at radius 2 is 1.87 bits per heavy atom. The first-order chi connectivity index (χ1) is 10.7. The number of amides is 1. The second-order valence-corrected chi connectivity index (χ2v) is 8.61. The highest BCUT2D eigenvalue weighted by Crippen LogP contribution is 2.22. The van der Waals surface area contributed by atoms with Gasteiger partial charge in [-0.25, -0.2) is 8.42 Å². The van der Waals surface area contributed by atoms with Crippen molar-refractivity contribution >= 4 is 21.6 Å². The Morgan fingerprint density at radius 1 is 1.26 bits per heavy atom. The number of rotatable bonds is 4. The number of piperidine rings is 1. The molecule has 1 aliphatic heterocycles. The van der Waals surface area contributed by atoms with Crippen molar-refractivity contribution in [3.8, 4) is 0 Å². The molecule has 0 N–H and O–H groups in total. The predicted octanol–water partition coefficient (Wildman–Crippen LogP) is 2.33. The van der Waals surface area contributed by atoms with E-state index in [4.69, 9.17) is 0 Å². The molecule has 0 bridgehead atoms. The molecule has 1 heterocycles. The minimum atomic E-state index is -3.51. The number of benzene rings is 1. The quantitative estimate of drug-likeness (QED) is 0.846. The highest BCUT2D eigenvalue weighted by molar-refractivity contribution is 7.92. The van der Waals surface area contributed by atoms with E-state index in [-0.39, 0.29) is 12.5 Å². The van der Waals surface area contributed by atoms with Gasteiger partial charge in [0.05, 0.1) is 11.9 Å². The number of carbonyl (C=O) groups is 1. The summed E-state index contributed by atoms with van der Waals surface area (Å²) in [5.41, 5.74) is 2.52. The largest absolute Gasteiger partial charge is 0.341 e. The number of aryl methyl sites for hydroxylation is 2. The maximum atomic E-state index is 12.6. The van der Waals surface area contributed by atoms with E-state index in [0.29, 0.717) is 24.7 Å². The average Bonchev–Trinajstić information content (AvgIpc) is 2.42. The normalized spacial score (nSPS) is 18.8. The summed E-state index contributed by atoms with van der Waals surface area (Å²) >= 11 is 0. The second-order valence-electron chi connectivity index (χ2n) is 6.70. The van der Waals surface area contributed by atoms with E-state index in [2.05, 4.69) is 6.92 Å². The predicted molar refractivity (Wildman–Crippen MR) is 93.1 cm³/mol. The summed E-state index contributed by atoms with van der Waals surface area (Å²) in [6, 6.07) is 5.60. The molecule has 0 spiro atoms. The van der Waals surface area contributed by atoms with Gasteiger partial charge in [0.2, 0.25) is 15.9 Å². The van der Waals surface area contributed by atoms with Crippen molar-refractivity contribution < 1.29 is 13.2 Å². The fraction of sp³-hybridized carbons (Fsp3) is 0.588. The van der Waals surface area contributed by atoms with E-state index < -0.39 is 10.0 Å². The van der Waals surface area contributed by atoms with Crippen molar-refractivity contribution in [2.24, 2.45) is 5.92 Å². The lowest BCUT2D eigenvalue weighted by atomic mass is 10.0. The first-order valence-electron chi connectivity index (χ1n) is 8.00. The molecule has 0 aromatic heterocycles. The van der Waals surface area contributed by atoms with E-state index in [0.717, 1.165) is 30.2 Å². The summed E-state index contributed by atoms with van der Waals surface area (Å²) < 4.78 is 25.6. The van der Waals surface area contributed by atoms with Crippen LogP contribution in [-0.2, 0) is 14.8 Å². The van der Waals surface area contributed by atoms with Crippen molar-refractivity contribution in [3.05, 3.63) is 29.3 Å². The smallest absolute Gasteiger partial charge is 0.243 e. The van der Waals surface area contributed by atoms with Crippen LogP contribution in [0.3, 0.4) is 0 Å². The third kappa shape index (κ3) is 4.70. The Labute approximate surface area is 139 Å². The molecule has 1 amide bonds. The van der Waals surface area contributed by atoms with Crippen LogP contribution in [0, 0.1) is 19.8 Å². The molecule has 5 nitrogen and oxygen atoms in total. The third-order valence-electron chi connectivity index (χ3n) is 4.18. The topological polar surface area (TPSA) is 57.7 Å². The molecule has 1 saturated heterocycles. The van der Waals surface area contributed by atoms with Crippen LogP contribution in [-0.4, -0.2) is 45.1 Å². The van der Waals surface area contributed by atoms with Gasteiger partial charge in [0, 0.05) is 13.1 Å². The van der Waals surface area contributed by atoms with Crippen LogP contribution < -0.4 is 4.31 Å². The van der Waals surface area contributed by atoms with E-state index in [1.807, 2.05) is 19.9 Å². The number of nitrogens with zero attached hydrogens (tertiary/aromatic N) is 2. The molecule has 1 aliphatic rings. The molecule has 0 saturated carbocycles. The molecule has 6 heteroatoms. The Bertz CT molecular complexity index is 665. The Kier molecular flexibility index (Phi) is 5.34. The number of carbonyl (C=O) groups excluding carboxylic acids is 1. The lowest BCUT2D eigenvalue weighted by Gasteiger charge is -2.33. The van der Waals surface area contributed by atoms with Crippen LogP contribution in [0.2, 0.25) is 0 Å². The van der Waals surface area contributed by atoms with E-state index in [1.165, 1.54) is 4.31 Å². The standard InChI is InChI=1S/C17H26N2O3S/c1-13-6-5-7-18(11-13)17(20)12-19(23(4,21)22)16-9-14(2)8-15(3)10-16/h8-10,13H,5-7,11-12H2,1-4H3/t13-/m1/s1. The zero-order chi connectivity index (χ0) is 17.2. The molecule has 1 fully saturated rings. The summed E-state index contributed by atoms with van der Waals surface area (Å²) in [7, 11) is -3.51. The van der Waals surface area contributed by atoms with Crippen LogP contribution >= 0.6 is 0 Å². The molecule has 1 aromatic rings. The van der Waals surface area contributed by atoms with E-state index in [1.54, 1.807) is 17.0 Å². The van der Waals surface area contributed by atoms with E-state index in [9.17, 15) is 13.2 Å². The van der Waals surface area contributed by atoms with Crippen LogP contribution in [0.15, 0.2) is 18.2 Å². The van der Waals surface area contributed by atoms with Gasteiger partial charge in [0.15, 0.2) is 0 Å². The number of anilines is 1. The van der Waals surface area contributed by atoms with Crippen molar-refractivity contribution in [1.82, 2.24) is 4.90 Å². The summed E-state index contributed by atoms with van der Waals surface area (Å²) in [5.74, 6) is 0.349. The maximum Gasteiger partial charge on any atom is 0.243 e. The highest BCUT2D eigenvalue weighted by Gasteiger charge is 2.26. The molecule has 2 rings (SSSR count). The number of hydrogen-bond donors (Lipinski definition) is 0. The van der Waals surface area contributed by atoms with Crippen molar-refractivity contribution in [2.45, 2.75) is 33.6 Å². The third-order valence-corrected chi connectivity index (χ3v) is 5.32. The maximum absolute atomic E-state index is 12.6. The molecule has 0 radical (unpaired) electrons. The number of hydrogen-bond acceptors (Lipinski definition) is 3. The van der Waals surface area contributed by atoms with Crippen LogP contribution in [0.5, 0.6) is 0 Å². The van der Waals surface area contributed by atoms with E-state index >= 15 is 0 Å². The lowest BCUT2D eigenvalue weighted by molar-refractivity contribution is -0.131. The summed E-state index contributed by atoms with van der Waals surface area (Å²) in [6.45, 7) is 7.26. The van der Waals surface area contributed by atoms with Crippen molar-refractivity contribution in [3.63, 3.8) is 0 Å². The average molecular weight is 338 g/mol. The van der Waals surface area contributed by atoms with Crippen LogP contribution in [0.1, 0.15) is 30.9 Å². The van der Waals surface area contributed by atoms with Gasteiger partial charge in [-0.2, -0.15) is 0 Å². The molecular weight excluding hydrogens is 312 g/mol. The number of sulfonamides is 1. The SMILES string of the molecule is Cc1cc(C)cc(N(CC(=O)N2CCC[C@@H](C)C2)S(C)(=O)=O)c1. The van der Waals surface area contributed by atoms with Crippen molar-refractivity contribution in [2.75, 3.05) is 30.2 Å². The monoisotopic (exact) mass is 338 g/mol. The molecule has 128 valence electrons. The zero-order valence-corrected chi connectivity index (χ0v) is 15.2. The number of likely N-dealkylation sites (tertiary alicyclic amines) is 1. The van der Waals surface area contributed by atoms with Crippen molar-refractivity contribution in [1.29, 1.82) is 0 Å². The van der Waals surface area contributed by atoms with Gasteiger partial charge in [-0.05, 0) is 55.9 Å². The summed E-state index contributed by atoms with van der Waals surface area (Å²) in [5, 5.41) is 0. The molecular formula is C17H26N2O3S. The fourth-order valence-corrected chi connectivity index (χ4v) is 3.97. The Hall–Kier alpha value is -1.56. The first-order valence-corrected chi connectivity index (χ1v) is 9.85. The molecule has 23 heavy (non-hydrogen) atoms. The van der Waals surface area contributed by atoms with Gasteiger partial charge >= 0.3 is 0 Å². The Morgan fingerprint density at radius 3 is 2.39 bits per heavy atom. The highest BCUT2D eigenvalue weighted by atomic mass is 32.2. The minimum absolute atomic E-state index is 0.124. The second kappa shape index (κ2) is 6.91. The van der Waals surface area contributed by atoms with Crippen LogP contribution in [0.4, 0.5) is 5.69 Å². The van der Waals surface area contributed by atoms with Gasteiger partial charge in [-0.3, -0.25) is 9.10 Å². The van der Waals surface area contributed by atoms with Gasteiger partial charge in [0.1, 0.15) is 6.54 Å². The van der Waals surface area contributed by atoms with Gasteiger partial charge in [0.25, 0.3) is 0 Å². The summed E-state index contributed by atoms with van der Waals surface area (Å²) in [6.07, 6.45) is 3.25. The van der Waals surface area contributed by atoms with Crippen LogP contribution in [0.25, 0.3) is 0 Å². The Balaban J connectivity index is 2.24. The first kappa shape index (κ1) is 17.8. The zero-order valence-electron chi connectivity index (χ0n) is 14.4. The lowest BCUT2D eigenvalue weighted by Crippen LogP contribution is -2.46.